The molecule has 0 unspecified atom stereocenters. The Balaban J connectivity index is 2.28. The lowest BCUT2D eigenvalue weighted by molar-refractivity contribution is 0.287. The number of aryl methyl sites for hydroxylation is 2. The Kier molecular flexibility index (Phi) is 5.01. The molecule has 0 saturated heterocycles. The first-order valence-electron chi connectivity index (χ1n) is 5.23. The van der Waals surface area contributed by atoms with E-state index in [1.807, 2.05) is 19.9 Å². The molecular formula is C11H17FN2O. The number of hydrogen-bond acceptors (Lipinski definition) is 3. The lowest BCUT2D eigenvalue weighted by atomic mass is 10.2. The van der Waals surface area contributed by atoms with Crippen LogP contribution in [0, 0.1) is 13.8 Å². The Morgan fingerprint density at radius 1 is 1.20 bits per heavy atom. The van der Waals surface area contributed by atoms with Crippen LogP contribution in [0.1, 0.15) is 30.5 Å². The van der Waals surface area contributed by atoms with Crippen molar-refractivity contribution in [2.24, 2.45) is 0 Å². The molecule has 0 aliphatic heterocycles. The third kappa shape index (κ3) is 4.23. The number of unbranched alkanes of at least 4 members (excludes halogenated alkanes) is 2. The van der Waals surface area contributed by atoms with Gasteiger partial charge >= 0.3 is 0 Å². The summed E-state index contributed by atoms with van der Waals surface area (Å²) in [4.78, 5) is 0. The first-order valence-corrected chi connectivity index (χ1v) is 5.23. The van der Waals surface area contributed by atoms with Crippen LogP contribution in [-0.2, 0) is 0 Å². The number of nitrogens with zero attached hydrogens (tertiary/aromatic N) is 2. The molecule has 0 amide bonds. The molecule has 1 rings (SSSR count). The van der Waals surface area contributed by atoms with Gasteiger partial charge in [0.15, 0.2) is 0 Å². The van der Waals surface area contributed by atoms with E-state index in [0.29, 0.717) is 18.9 Å². The quantitative estimate of drug-likeness (QED) is 0.680. The molecule has 0 fully saturated rings. The Labute approximate surface area is 89.7 Å². The van der Waals surface area contributed by atoms with E-state index in [1.165, 1.54) is 0 Å². The van der Waals surface area contributed by atoms with Crippen molar-refractivity contribution in [2.45, 2.75) is 33.1 Å². The van der Waals surface area contributed by atoms with E-state index in [2.05, 4.69) is 10.2 Å². The number of rotatable bonds is 6. The van der Waals surface area contributed by atoms with E-state index in [0.717, 1.165) is 24.1 Å². The molecule has 0 saturated carbocycles. The summed E-state index contributed by atoms with van der Waals surface area (Å²) >= 11 is 0. The third-order valence-electron chi connectivity index (χ3n) is 2.24. The fourth-order valence-corrected chi connectivity index (χ4v) is 1.14. The van der Waals surface area contributed by atoms with Gasteiger partial charge in [-0.2, -0.15) is 5.10 Å². The van der Waals surface area contributed by atoms with Gasteiger partial charge in [-0.15, -0.1) is 5.10 Å². The molecule has 0 radical (unpaired) electrons. The third-order valence-corrected chi connectivity index (χ3v) is 2.24. The zero-order valence-corrected chi connectivity index (χ0v) is 9.29. The van der Waals surface area contributed by atoms with Gasteiger partial charge in [0.2, 0.25) is 5.88 Å². The first-order chi connectivity index (χ1) is 7.24. The molecule has 0 aliphatic rings. The summed E-state index contributed by atoms with van der Waals surface area (Å²) in [6.45, 7) is 4.22. The molecule has 0 atom stereocenters. The van der Waals surface area contributed by atoms with Gasteiger partial charge in [0.25, 0.3) is 0 Å². The van der Waals surface area contributed by atoms with Crippen LogP contribution in [0.25, 0.3) is 0 Å². The Morgan fingerprint density at radius 3 is 2.67 bits per heavy atom. The van der Waals surface area contributed by atoms with Gasteiger partial charge in [-0.3, -0.25) is 4.39 Å². The van der Waals surface area contributed by atoms with Gasteiger partial charge < -0.3 is 4.74 Å². The van der Waals surface area contributed by atoms with Crippen molar-refractivity contribution in [3.63, 3.8) is 0 Å². The number of halogens is 1. The van der Waals surface area contributed by atoms with Crippen molar-refractivity contribution in [1.82, 2.24) is 10.2 Å². The molecule has 1 aromatic rings. The predicted molar refractivity (Wildman–Crippen MR) is 56.8 cm³/mol. The summed E-state index contributed by atoms with van der Waals surface area (Å²) in [5.41, 5.74) is 1.99. The van der Waals surface area contributed by atoms with Crippen LogP contribution in [0.5, 0.6) is 5.88 Å². The van der Waals surface area contributed by atoms with Crippen LogP contribution in [0.4, 0.5) is 4.39 Å². The van der Waals surface area contributed by atoms with E-state index < -0.39 is 0 Å². The van der Waals surface area contributed by atoms with Crippen molar-refractivity contribution < 1.29 is 9.13 Å². The maximum Gasteiger partial charge on any atom is 0.233 e. The summed E-state index contributed by atoms with van der Waals surface area (Å²) in [5.74, 6) is 0.554. The van der Waals surface area contributed by atoms with Crippen LogP contribution < -0.4 is 4.74 Å². The SMILES string of the molecule is Cc1cc(OCCCCCF)nnc1C. The molecule has 4 heteroatoms. The number of alkyl halides is 1. The Bertz CT molecular complexity index is 305. The standard InChI is InChI=1S/C11H17FN2O/c1-9-8-11(14-13-10(9)2)15-7-5-3-4-6-12/h8H,3-7H2,1-2H3. The second-order valence-corrected chi connectivity index (χ2v) is 3.55. The topological polar surface area (TPSA) is 35.0 Å². The first kappa shape index (κ1) is 11.9. The van der Waals surface area contributed by atoms with E-state index in [-0.39, 0.29) is 6.67 Å². The highest BCUT2D eigenvalue weighted by Crippen LogP contribution is 2.10. The van der Waals surface area contributed by atoms with Gasteiger partial charge in [-0.25, -0.2) is 0 Å². The number of aromatic nitrogens is 2. The average Bonchev–Trinajstić information content (AvgIpc) is 2.23. The summed E-state index contributed by atoms with van der Waals surface area (Å²) < 4.78 is 17.2. The van der Waals surface area contributed by atoms with Crippen molar-refractivity contribution in [3.8, 4) is 5.88 Å². The number of hydrogen-bond donors (Lipinski definition) is 0. The molecule has 1 aromatic heterocycles. The fraction of sp³-hybridized carbons (Fsp3) is 0.636. The van der Waals surface area contributed by atoms with Crippen molar-refractivity contribution >= 4 is 0 Å². The van der Waals surface area contributed by atoms with E-state index >= 15 is 0 Å². The summed E-state index contributed by atoms with van der Waals surface area (Å²) in [5, 5.41) is 7.87. The fourth-order valence-electron chi connectivity index (χ4n) is 1.14. The van der Waals surface area contributed by atoms with Gasteiger partial charge in [-0.05, 0) is 38.7 Å². The van der Waals surface area contributed by atoms with Gasteiger partial charge in [0.1, 0.15) is 0 Å². The zero-order chi connectivity index (χ0) is 11.1. The van der Waals surface area contributed by atoms with Crippen LogP contribution in [0.15, 0.2) is 6.07 Å². The second-order valence-electron chi connectivity index (χ2n) is 3.55. The van der Waals surface area contributed by atoms with E-state index in [9.17, 15) is 4.39 Å². The Hall–Kier alpha value is -1.19. The highest BCUT2D eigenvalue weighted by Gasteiger charge is 1.99. The smallest absolute Gasteiger partial charge is 0.233 e. The summed E-state index contributed by atoms with van der Waals surface area (Å²) in [6.07, 6.45) is 2.33. The van der Waals surface area contributed by atoms with Crippen molar-refractivity contribution in [2.75, 3.05) is 13.3 Å². The minimum atomic E-state index is -0.247. The molecular weight excluding hydrogens is 195 g/mol. The Morgan fingerprint density at radius 2 is 2.00 bits per heavy atom. The summed E-state index contributed by atoms with van der Waals surface area (Å²) in [7, 11) is 0. The van der Waals surface area contributed by atoms with Crippen LogP contribution in [-0.4, -0.2) is 23.5 Å². The maximum absolute atomic E-state index is 11.8. The van der Waals surface area contributed by atoms with Crippen LogP contribution in [0.3, 0.4) is 0 Å². The lowest BCUT2D eigenvalue weighted by Gasteiger charge is -2.05. The van der Waals surface area contributed by atoms with E-state index in [1.54, 1.807) is 0 Å². The normalized spacial score (nSPS) is 10.3. The average molecular weight is 212 g/mol. The van der Waals surface area contributed by atoms with Crippen LogP contribution >= 0.6 is 0 Å². The summed E-state index contributed by atoms with van der Waals surface area (Å²) in [6, 6.07) is 1.87. The van der Waals surface area contributed by atoms with Crippen molar-refractivity contribution in [3.05, 3.63) is 17.3 Å². The molecule has 1 heterocycles. The second kappa shape index (κ2) is 6.32. The van der Waals surface area contributed by atoms with Gasteiger partial charge in [0, 0.05) is 6.07 Å². The minimum Gasteiger partial charge on any atom is -0.477 e. The minimum absolute atomic E-state index is 0.247. The van der Waals surface area contributed by atoms with Gasteiger partial charge in [0.05, 0.1) is 19.0 Å². The monoisotopic (exact) mass is 212 g/mol. The molecule has 0 bridgehead atoms. The molecule has 0 spiro atoms. The number of ether oxygens (including phenoxy) is 1. The van der Waals surface area contributed by atoms with E-state index in [4.69, 9.17) is 4.74 Å². The highest BCUT2D eigenvalue weighted by molar-refractivity contribution is 5.21. The maximum atomic E-state index is 11.8. The van der Waals surface area contributed by atoms with Crippen LogP contribution in [0.2, 0.25) is 0 Å². The zero-order valence-electron chi connectivity index (χ0n) is 9.29. The van der Waals surface area contributed by atoms with Gasteiger partial charge in [-0.1, -0.05) is 0 Å². The molecule has 84 valence electrons. The molecule has 15 heavy (non-hydrogen) atoms. The highest BCUT2D eigenvalue weighted by atomic mass is 19.1. The lowest BCUT2D eigenvalue weighted by Crippen LogP contribution is -2.01. The molecule has 0 aromatic carbocycles. The molecule has 3 nitrogen and oxygen atoms in total. The van der Waals surface area contributed by atoms with Crippen molar-refractivity contribution in [1.29, 1.82) is 0 Å². The molecule has 0 N–H and O–H groups in total. The molecule has 0 aliphatic carbocycles. The largest absolute Gasteiger partial charge is 0.477 e. The predicted octanol–water partition coefficient (Wildman–Crippen LogP) is 2.61.